The number of carboxylic acids is 1. The third-order valence-corrected chi connectivity index (χ3v) is 4.84. The van der Waals surface area contributed by atoms with Crippen LogP contribution >= 0.6 is 0 Å². The largest absolute Gasteiger partial charge is 0.480 e. The molecular weight excluding hydrogens is 282 g/mol. The zero-order valence-corrected chi connectivity index (χ0v) is 12.0. The Bertz CT molecular complexity index is 561. The number of rotatable bonds is 6. The normalized spacial score (nSPS) is 17.0. The summed E-state index contributed by atoms with van der Waals surface area (Å²) in [6.45, 7) is -0.287. The topological polar surface area (TPSA) is 101 Å². The highest BCUT2D eigenvalue weighted by atomic mass is 32.2. The van der Waals surface area contributed by atoms with E-state index in [2.05, 4.69) is 9.82 Å². The second-order valence-corrected chi connectivity index (χ2v) is 6.97. The molecule has 1 heterocycles. The van der Waals surface area contributed by atoms with Gasteiger partial charge in [-0.3, -0.25) is 14.2 Å². The van der Waals surface area contributed by atoms with Crippen LogP contribution in [0.1, 0.15) is 32.1 Å². The van der Waals surface area contributed by atoms with E-state index in [-0.39, 0.29) is 18.2 Å². The van der Waals surface area contributed by atoms with Crippen LogP contribution in [0.15, 0.2) is 12.4 Å². The molecule has 0 atom stereocenters. The summed E-state index contributed by atoms with van der Waals surface area (Å²) in [6, 6.07) is 0. The number of hydrogen-bond donors (Lipinski definition) is 2. The first-order valence-electron chi connectivity index (χ1n) is 6.69. The SMILES string of the molecule is O=C(O)Cn1cc(NS(=O)(=O)CC2CCCCC2)cn1. The van der Waals surface area contributed by atoms with Crippen LogP contribution in [-0.2, 0) is 21.4 Å². The molecular formula is C12H19N3O4S. The number of aliphatic carboxylic acids is 1. The van der Waals surface area contributed by atoms with Gasteiger partial charge in [0.15, 0.2) is 0 Å². The molecule has 1 aromatic heterocycles. The molecule has 0 aromatic carbocycles. The van der Waals surface area contributed by atoms with Crippen LogP contribution in [0, 0.1) is 5.92 Å². The summed E-state index contributed by atoms with van der Waals surface area (Å²) in [4.78, 5) is 10.5. The Labute approximate surface area is 118 Å². The molecule has 1 aromatic rings. The van der Waals surface area contributed by atoms with Crippen molar-refractivity contribution in [1.82, 2.24) is 9.78 Å². The van der Waals surface area contributed by atoms with Crippen molar-refractivity contribution in [3.8, 4) is 0 Å². The number of nitrogens with zero attached hydrogens (tertiary/aromatic N) is 2. The van der Waals surface area contributed by atoms with Gasteiger partial charge in [-0.15, -0.1) is 0 Å². The van der Waals surface area contributed by atoms with Gasteiger partial charge in [0.2, 0.25) is 10.0 Å². The van der Waals surface area contributed by atoms with Gasteiger partial charge < -0.3 is 5.11 Å². The maximum absolute atomic E-state index is 12.0. The van der Waals surface area contributed by atoms with E-state index in [1.54, 1.807) is 0 Å². The molecule has 2 rings (SSSR count). The van der Waals surface area contributed by atoms with Crippen molar-refractivity contribution < 1.29 is 18.3 Å². The fourth-order valence-corrected chi connectivity index (χ4v) is 4.03. The zero-order valence-electron chi connectivity index (χ0n) is 11.2. The van der Waals surface area contributed by atoms with Crippen LogP contribution in [0.4, 0.5) is 5.69 Å². The van der Waals surface area contributed by atoms with E-state index in [9.17, 15) is 13.2 Å². The standard InChI is InChI=1S/C12H19N3O4S/c16-12(17)8-15-7-11(6-13-15)14-20(18,19)9-10-4-2-1-3-5-10/h6-7,10,14H,1-5,8-9H2,(H,16,17). The predicted octanol–water partition coefficient (Wildman–Crippen LogP) is 1.29. The Hall–Kier alpha value is -1.57. The summed E-state index contributed by atoms with van der Waals surface area (Å²) >= 11 is 0. The molecule has 0 aliphatic heterocycles. The minimum absolute atomic E-state index is 0.122. The summed E-state index contributed by atoms with van der Waals surface area (Å²) in [5, 5.41) is 12.4. The Kier molecular flexibility index (Phi) is 4.64. The van der Waals surface area contributed by atoms with Gasteiger partial charge >= 0.3 is 5.97 Å². The minimum atomic E-state index is -3.40. The quantitative estimate of drug-likeness (QED) is 0.824. The minimum Gasteiger partial charge on any atom is -0.480 e. The van der Waals surface area contributed by atoms with Crippen LogP contribution in [0.5, 0.6) is 0 Å². The Morgan fingerprint density at radius 3 is 2.75 bits per heavy atom. The summed E-state index contributed by atoms with van der Waals surface area (Å²) in [5.41, 5.74) is 0.307. The van der Waals surface area contributed by atoms with Crippen molar-refractivity contribution in [3.05, 3.63) is 12.4 Å². The molecule has 0 amide bonds. The molecule has 0 bridgehead atoms. The molecule has 0 spiro atoms. The molecule has 20 heavy (non-hydrogen) atoms. The van der Waals surface area contributed by atoms with Crippen molar-refractivity contribution >= 4 is 21.7 Å². The van der Waals surface area contributed by atoms with Crippen LogP contribution in [0.3, 0.4) is 0 Å². The van der Waals surface area contributed by atoms with Gasteiger partial charge in [-0.25, -0.2) is 8.42 Å². The summed E-state index contributed by atoms with van der Waals surface area (Å²) in [6.07, 6.45) is 7.99. The molecule has 8 heteroatoms. The number of anilines is 1. The van der Waals surface area contributed by atoms with Gasteiger partial charge in [0, 0.05) is 6.20 Å². The van der Waals surface area contributed by atoms with Gasteiger partial charge in [0.05, 0.1) is 17.6 Å². The molecule has 0 saturated heterocycles. The lowest BCUT2D eigenvalue weighted by molar-refractivity contribution is -0.137. The molecule has 112 valence electrons. The highest BCUT2D eigenvalue weighted by molar-refractivity contribution is 7.92. The van der Waals surface area contributed by atoms with E-state index in [0.29, 0.717) is 5.69 Å². The average molecular weight is 301 g/mol. The number of carbonyl (C=O) groups is 1. The molecule has 7 nitrogen and oxygen atoms in total. The van der Waals surface area contributed by atoms with E-state index in [1.807, 2.05) is 0 Å². The first-order chi connectivity index (χ1) is 9.44. The monoisotopic (exact) mass is 301 g/mol. The zero-order chi connectivity index (χ0) is 14.6. The van der Waals surface area contributed by atoms with Gasteiger partial charge in [-0.1, -0.05) is 19.3 Å². The average Bonchev–Trinajstić information content (AvgIpc) is 2.75. The lowest BCUT2D eigenvalue weighted by Gasteiger charge is -2.21. The van der Waals surface area contributed by atoms with E-state index >= 15 is 0 Å². The lowest BCUT2D eigenvalue weighted by atomic mass is 9.91. The first kappa shape index (κ1) is 14.8. The number of carboxylic acid groups (broad SMARTS) is 1. The Morgan fingerprint density at radius 1 is 1.40 bits per heavy atom. The summed E-state index contributed by atoms with van der Waals surface area (Å²) < 4.78 is 27.7. The fourth-order valence-electron chi connectivity index (χ4n) is 2.53. The van der Waals surface area contributed by atoms with E-state index in [4.69, 9.17) is 5.11 Å². The van der Waals surface area contributed by atoms with Gasteiger partial charge in [0.1, 0.15) is 6.54 Å². The second-order valence-electron chi connectivity index (χ2n) is 5.21. The molecule has 0 radical (unpaired) electrons. The summed E-state index contributed by atoms with van der Waals surface area (Å²) in [7, 11) is -3.40. The smallest absolute Gasteiger partial charge is 0.325 e. The van der Waals surface area contributed by atoms with Crippen molar-refractivity contribution in [2.45, 2.75) is 38.6 Å². The van der Waals surface area contributed by atoms with Crippen molar-refractivity contribution in [3.63, 3.8) is 0 Å². The van der Waals surface area contributed by atoms with Crippen LogP contribution < -0.4 is 4.72 Å². The highest BCUT2D eigenvalue weighted by Gasteiger charge is 2.21. The van der Waals surface area contributed by atoms with Crippen LogP contribution in [0.2, 0.25) is 0 Å². The van der Waals surface area contributed by atoms with E-state index < -0.39 is 16.0 Å². The highest BCUT2D eigenvalue weighted by Crippen LogP contribution is 2.25. The van der Waals surface area contributed by atoms with E-state index in [0.717, 1.165) is 25.7 Å². The number of nitrogens with one attached hydrogen (secondary N) is 1. The lowest BCUT2D eigenvalue weighted by Crippen LogP contribution is -2.24. The molecule has 1 saturated carbocycles. The van der Waals surface area contributed by atoms with Crippen LogP contribution in [-0.4, -0.2) is 35.0 Å². The maximum Gasteiger partial charge on any atom is 0.325 e. The Morgan fingerprint density at radius 2 is 2.10 bits per heavy atom. The molecule has 1 aliphatic rings. The maximum atomic E-state index is 12.0. The third-order valence-electron chi connectivity index (χ3n) is 3.38. The molecule has 2 N–H and O–H groups in total. The number of aromatic nitrogens is 2. The van der Waals surface area contributed by atoms with Crippen molar-refractivity contribution in [2.75, 3.05) is 10.5 Å². The van der Waals surface area contributed by atoms with Gasteiger partial charge in [-0.2, -0.15) is 5.10 Å². The van der Waals surface area contributed by atoms with Gasteiger partial charge in [0.25, 0.3) is 0 Å². The fraction of sp³-hybridized carbons (Fsp3) is 0.667. The van der Waals surface area contributed by atoms with Crippen LogP contribution in [0.25, 0.3) is 0 Å². The number of sulfonamides is 1. The molecule has 1 fully saturated rings. The van der Waals surface area contributed by atoms with Crippen molar-refractivity contribution in [2.24, 2.45) is 5.92 Å². The molecule has 1 aliphatic carbocycles. The third kappa shape index (κ3) is 4.52. The number of hydrogen-bond acceptors (Lipinski definition) is 4. The molecule has 0 unspecified atom stereocenters. The van der Waals surface area contributed by atoms with E-state index in [1.165, 1.54) is 23.5 Å². The Balaban J connectivity index is 1.93. The first-order valence-corrected chi connectivity index (χ1v) is 8.34. The second kappa shape index (κ2) is 6.25. The van der Waals surface area contributed by atoms with Crippen molar-refractivity contribution in [1.29, 1.82) is 0 Å². The summed E-state index contributed by atoms with van der Waals surface area (Å²) in [5.74, 6) is -0.683. The van der Waals surface area contributed by atoms with Gasteiger partial charge in [-0.05, 0) is 18.8 Å². The predicted molar refractivity (Wildman–Crippen MR) is 73.8 cm³/mol.